The molecule has 4 aromatic rings. The Balaban J connectivity index is 1.18. The first-order valence-electron chi connectivity index (χ1n) is 17.1. The second-order valence-corrected chi connectivity index (χ2v) is 15.5. The number of phenolic OH excluding ortho intramolecular Hbond substituents is 1. The molecule has 0 bridgehead atoms. The molecule has 4 aromatic carbocycles. The lowest BCUT2D eigenvalue weighted by atomic mass is 9.56. The molecule has 6 unspecified atom stereocenters. The van der Waals surface area contributed by atoms with E-state index in [0.29, 0.717) is 33.7 Å². The van der Waals surface area contributed by atoms with Crippen LogP contribution in [0.4, 0.5) is 5.69 Å². The van der Waals surface area contributed by atoms with Crippen LogP contribution in [0.5, 0.6) is 17.2 Å². The number of anilines is 1. The summed E-state index contributed by atoms with van der Waals surface area (Å²) in [6, 6.07) is 23.2. The number of aromatic hydroxyl groups is 1. The first kappa shape index (κ1) is 35.4. The molecule has 12 heteroatoms. The van der Waals surface area contributed by atoms with Gasteiger partial charge in [-0.1, -0.05) is 82.2 Å². The van der Waals surface area contributed by atoms with Gasteiger partial charge in [0.05, 0.1) is 37.2 Å². The zero-order chi connectivity index (χ0) is 37.4. The molecule has 53 heavy (non-hydrogen) atoms. The number of ether oxygens (including phenoxy) is 2. The van der Waals surface area contributed by atoms with E-state index in [1.54, 1.807) is 32.4 Å². The van der Waals surface area contributed by atoms with E-state index in [1.807, 2.05) is 72.8 Å². The Hall–Kier alpha value is -4.64. The fourth-order valence-corrected chi connectivity index (χ4v) is 10.2. The molecule has 9 nitrogen and oxygen atoms in total. The SMILES string of the molecule is COc1ccc(OC)c(C=Cc2ccc(N3C(=O)C4CC=C5C(CC6(Cl)C(=O)N(CBr)C(=O)C6(Cl)C5c5c(O)ccc6ccccc56)C4C3=O)cc2)c1. The smallest absolute Gasteiger partial charge is 0.254 e. The summed E-state index contributed by atoms with van der Waals surface area (Å²) in [5.41, 5.74) is 2.87. The maximum absolute atomic E-state index is 14.5. The normalized spacial score (nSPS) is 28.0. The highest BCUT2D eigenvalue weighted by atomic mass is 79.9. The second-order valence-electron chi connectivity index (χ2n) is 13.8. The number of likely N-dealkylation sites (tertiary alicyclic amines) is 1. The second kappa shape index (κ2) is 13.0. The van der Waals surface area contributed by atoms with Gasteiger partial charge in [0.2, 0.25) is 11.8 Å². The first-order chi connectivity index (χ1) is 25.5. The van der Waals surface area contributed by atoms with Crippen molar-refractivity contribution in [1.29, 1.82) is 0 Å². The van der Waals surface area contributed by atoms with E-state index in [2.05, 4.69) is 15.9 Å². The molecule has 2 heterocycles. The molecule has 0 spiro atoms. The van der Waals surface area contributed by atoms with Gasteiger partial charge in [0.1, 0.15) is 17.2 Å². The molecule has 4 amide bonds. The van der Waals surface area contributed by atoms with E-state index in [4.69, 9.17) is 32.7 Å². The number of methoxy groups -OCH3 is 2. The minimum absolute atomic E-state index is 0.122. The molecule has 8 rings (SSSR count). The van der Waals surface area contributed by atoms with Crippen LogP contribution >= 0.6 is 39.1 Å². The number of rotatable bonds is 7. The topological polar surface area (TPSA) is 113 Å². The van der Waals surface area contributed by atoms with Gasteiger partial charge in [0.25, 0.3) is 11.8 Å². The van der Waals surface area contributed by atoms with Crippen molar-refractivity contribution in [3.05, 3.63) is 107 Å². The molecule has 3 fully saturated rings. The first-order valence-corrected chi connectivity index (χ1v) is 18.9. The summed E-state index contributed by atoms with van der Waals surface area (Å²) in [4.78, 5) is 55.1. The Morgan fingerprint density at radius 3 is 2.36 bits per heavy atom. The Morgan fingerprint density at radius 2 is 1.64 bits per heavy atom. The quantitative estimate of drug-likeness (QED) is 0.0671. The van der Waals surface area contributed by atoms with E-state index in [0.717, 1.165) is 21.4 Å². The minimum Gasteiger partial charge on any atom is -0.508 e. The molecule has 6 atom stereocenters. The van der Waals surface area contributed by atoms with Gasteiger partial charge >= 0.3 is 0 Å². The predicted molar refractivity (Wildman–Crippen MR) is 206 cm³/mol. The number of hydrogen-bond acceptors (Lipinski definition) is 7. The average molecular weight is 817 g/mol. The third kappa shape index (κ3) is 5.09. The summed E-state index contributed by atoms with van der Waals surface area (Å²) in [5, 5.41) is 12.9. The largest absolute Gasteiger partial charge is 0.508 e. The molecule has 2 aliphatic heterocycles. The van der Waals surface area contributed by atoms with E-state index >= 15 is 0 Å². The molecular formula is C41H33BrCl2N2O7. The highest BCUT2D eigenvalue weighted by Gasteiger charge is 2.76. The van der Waals surface area contributed by atoms with Crippen molar-refractivity contribution in [2.75, 3.05) is 24.6 Å². The molecule has 1 saturated carbocycles. The summed E-state index contributed by atoms with van der Waals surface area (Å²) in [7, 11) is 3.19. The van der Waals surface area contributed by atoms with Crippen LogP contribution in [0.2, 0.25) is 0 Å². The van der Waals surface area contributed by atoms with Crippen molar-refractivity contribution in [3.8, 4) is 17.2 Å². The minimum atomic E-state index is -2.03. The molecule has 0 radical (unpaired) electrons. The zero-order valence-corrected chi connectivity index (χ0v) is 31.7. The average Bonchev–Trinajstić information content (AvgIpc) is 3.51. The van der Waals surface area contributed by atoms with E-state index in [1.165, 1.54) is 11.0 Å². The fourth-order valence-electron chi connectivity index (χ4n) is 8.80. The Bertz CT molecular complexity index is 2290. The van der Waals surface area contributed by atoms with Crippen molar-refractivity contribution in [3.63, 3.8) is 0 Å². The van der Waals surface area contributed by atoms with Crippen LogP contribution < -0.4 is 14.4 Å². The van der Waals surface area contributed by atoms with Gasteiger partial charge in [-0.05, 0) is 71.5 Å². The van der Waals surface area contributed by atoms with Gasteiger partial charge in [0.15, 0.2) is 9.75 Å². The lowest BCUT2D eigenvalue weighted by Gasteiger charge is -2.51. The summed E-state index contributed by atoms with van der Waals surface area (Å²) >= 11 is 18.1. The number of benzene rings is 4. The molecule has 2 aliphatic carbocycles. The monoisotopic (exact) mass is 814 g/mol. The number of phenols is 1. The highest BCUT2D eigenvalue weighted by molar-refractivity contribution is 9.09. The molecule has 4 aliphatic rings. The van der Waals surface area contributed by atoms with Gasteiger partial charge in [-0.15, -0.1) is 23.2 Å². The van der Waals surface area contributed by atoms with Crippen LogP contribution in [0.25, 0.3) is 22.9 Å². The number of halogens is 3. The lowest BCUT2D eigenvalue weighted by Crippen LogP contribution is -2.60. The van der Waals surface area contributed by atoms with Crippen molar-refractivity contribution in [2.45, 2.75) is 28.5 Å². The number of imide groups is 2. The maximum Gasteiger partial charge on any atom is 0.254 e. The van der Waals surface area contributed by atoms with Crippen LogP contribution in [0, 0.1) is 17.8 Å². The third-order valence-corrected chi connectivity index (χ3v) is 13.2. The molecular weight excluding hydrogens is 783 g/mol. The maximum atomic E-state index is 14.5. The van der Waals surface area contributed by atoms with Crippen LogP contribution in [0.15, 0.2) is 90.5 Å². The van der Waals surface area contributed by atoms with Gasteiger partial charge < -0.3 is 14.6 Å². The number of fused-ring (bicyclic) bond motifs is 5. The van der Waals surface area contributed by atoms with Crippen molar-refractivity contribution in [1.82, 2.24) is 4.90 Å². The Kier molecular flexibility index (Phi) is 8.71. The number of allylic oxidation sites excluding steroid dienone is 2. The number of hydrogen-bond donors (Lipinski definition) is 1. The summed E-state index contributed by atoms with van der Waals surface area (Å²) in [6.07, 6.45) is 5.70. The number of nitrogens with zero attached hydrogens (tertiary/aromatic N) is 2. The van der Waals surface area contributed by atoms with Crippen LogP contribution in [-0.4, -0.2) is 63.1 Å². The van der Waals surface area contributed by atoms with E-state index < -0.39 is 51.1 Å². The van der Waals surface area contributed by atoms with Crippen LogP contribution in [0.1, 0.15) is 35.4 Å². The zero-order valence-electron chi connectivity index (χ0n) is 28.6. The Labute approximate surface area is 323 Å². The van der Waals surface area contributed by atoms with Crippen molar-refractivity contribution in [2.24, 2.45) is 17.8 Å². The summed E-state index contributed by atoms with van der Waals surface area (Å²) in [5.74, 6) is -4.32. The van der Waals surface area contributed by atoms with Gasteiger partial charge in [-0.2, -0.15) is 0 Å². The van der Waals surface area contributed by atoms with E-state index in [-0.39, 0.29) is 30.0 Å². The van der Waals surface area contributed by atoms with Crippen LogP contribution in [-0.2, 0) is 19.2 Å². The van der Waals surface area contributed by atoms with Crippen molar-refractivity contribution < 1.29 is 33.8 Å². The molecule has 270 valence electrons. The number of amides is 4. The third-order valence-electron chi connectivity index (χ3n) is 11.3. The molecule has 1 N–H and O–H groups in total. The summed E-state index contributed by atoms with van der Waals surface area (Å²) in [6.45, 7) is 0. The molecule has 0 aromatic heterocycles. The fraction of sp³-hybridized carbons (Fsp3) is 0.268. The van der Waals surface area contributed by atoms with Crippen LogP contribution in [0.3, 0.4) is 0 Å². The van der Waals surface area contributed by atoms with Crippen molar-refractivity contribution >= 4 is 91.4 Å². The van der Waals surface area contributed by atoms with E-state index in [9.17, 15) is 24.3 Å². The molecule has 2 saturated heterocycles. The van der Waals surface area contributed by atoms with Gasteiger partial charge in [0, 0.05) is 17.0 Å². The Morgan fingerprint density at radius 1 is 0.887 bits per heavy atom. The van der Waals surface area contributed by atoms with Gasteiger partial charge in [-0.3, -0.25) is 29.0 Å². The predicted octanol–water partition coefficient (Wildman–Crippen LogP) is 7.65. The number of carbonyl (C=O) groups is 4. The number of alkyl halides is 3. The highest BCUT2D eigenvalue weighted by Crippen LogP contribution is 2.66. The lowest BCUT2D eigenvalue weighted by molar-refractivity contribution is -0.138. The standard InChI is InChI=1S/C41H33BrCl2N2O7/c1-52-26-14-18-32(53-2)24(19-26)10-7-22-8-12-25(13-9-22)46-36(48)29-16-15-28-30(33(29)37(46)49)20-40(43)38(50)45(21-42)39(51)41(40,44)35(28)34-27-6-4-3-5-23(27)11-17-31(34)47/h3-15,17-19,29-30,33,35,47H,16,20-21H2,1-2H3. The van der Waals surface area contributed by atoms with Gasteiger partial charge in [-0.25, -0.2) is 0 Å². The summed E-state index contributed by atoms with van der Waals surface area (Å²) < 4.78 is 10.8. The number of carbonyl (C=O) groups excluding carboxylic acids is 4.